The van der Waals surface area contributed by atoms with Gasteiger partial charge >= 0.3 is 0 Å². The Kier molecular flexibility index (Phi) is 9.91. The van der Waals surface area contributed by atoms with Crippen molar-refractivity contribution in [1.29, 1.82) is 5.26 Å². The minimum Gasteiger partial charge on any atom is -0.351 e. The fraction of sp³-hybridized carbons (Fsp3) is 0.500. The fourth-order valence-electron chi connectivity index (χ4n) is 4.46. The molecule has 39 heavy (non-hydrogen) atoms. The van der Waals surface area contributed by atoms with Gasteiger partial charge in [-0.1, -0.05) is 18.2 Å². The topological polar surface area (TPSA) is 153 Å². The van der Waals surface area contributed by atoms with Gasteiger partial charge in [0, 0.05) is 30.1 Å². The summed E-state index contributed by atoms with van der Waals surface area (Å²) in [5, 5.41) is 11.7. The lowest BCUT2D eigenvalue weighted by atomic mass is 10.1. The zero-order valence-electron chi connectivity index (χ0n) is 22.6. The summed E-state index contributed by atoms with van der Waals surface area (Å²) in [6, 6.07) is 11.1. The van der Waals surface area contributed by atoms with Crippen LogP contribution in [0.4, 0.5) is 5.82 Å². The Balaban J connectivity index is 1.45. The lowest BCUT2D eigenvalue weighted by Gasteiger charge is -2.36. The molecule has 0 saturated carbocycles. The molecule has 3 heterocycles. The molecule has 1 aliphatic heterocycles. The minimum atomic E-state index is -1.40. The number of hydrogen-bond acceptors (Lipinski definition) is 10. The number of hydrogen-bond donors (Lipinski definition) is 2. The van der Waals surface area contributed by atoms with Crippen LogP contribution in [-0.4, -0.2) is 67.5 Å². The fourth-order valence-corrected chi connectivity index (χ4v) is 6.08. The van der Waals surface area contributed by atoms with Crippen LogP contribution < -0.4 is 11.1 Å². The van der Waals surface area contributed by atoms with Crippen molar-refractivity contribution in [2.24, 2.45) is 5.73 Å². The molecule has 1 amide bonds. The van der Waals surface area contributed by atoms with E-state index in [2.05, 4.69) is 58.7 Å². The first-order valence-corrected chi connectivity index (χ1v) is 14.1. The molecule has 3 aromatic rings. The van der Waals surface area contributed by atoms with E-state index in [1.165, 1.54) is 6.33 Å². The van der Waals surface area contributed by atoms with Gasteiger partial charge in [-0.15, -0.1) is 0 Å². The molecular weight excluding hydrogens is 519 g/mol. The number of amides is 1. The number of ether oxygens (including phenoxy) is 1. The number of fused-ring (bicyclic) bond motifs is 1. The molecule has 13 heteroatoms. The predicted octanol–water partition coefficient (Wildman–Crippen LogP) is 3.99. The number of carbonyl (C=O) groups is 1. The maximum absolute atomic E-state index is 12.7. The molecule has 0 radical (unpaired) electrons. The van der Waals surface area contributed by atoms with Crippen LogP contribution in [0.1, 0.15) is 57.1 Å². The Hall–Kier alpha value is -3.04. The van der Waals surface area contributed by atoms with Crippen molar-refractivity contribution in [3.63, 3.8) is 0 Å². The van der Waals surface area contributed by atoms with E-state index < -0.39 is 14.8 Å². The summed E-state index contributed by atoms with van der Waals surface area (Å²) in [4.78, 5) is 25.7. The van der Waals surface area contributed by atoms with E-state index in [0.29, 0.717) is 35.6 Å². The first-order valence-electron chi connectivity index (χ1n) is 13.0. The number of nitrogens with one attached hydrogen (secondary N) is 1. The SMILES string of the molecule is CC(C)N(C(C)C)P(OCCC#N)OC[C@H]1O[C@@H](n2cnc3c(NC(=O)c4ccccc4)ncnc32)C[C@@H]1N. The Morgan fingerprint density at radius 3 is 2.67 bits per heavy atom. The molecule has 3 N–H and O–H groups in total. The highest BCUT2D eigenvalue weighted by atomic mass is 31.2. The summed E-state index contributed by atoms with van der Waals surface area (Å²) in [5.74, 6) is 0.0317. The van der Waals surface area contributed by atoms with Crippen molar-refractivity contribution in [3.05, 3.63) is 48.5 Å². The molecule has 0 aliphatic carbocycles. The quantitative estimate of drug-likeness (QED) is 0.248. The third-order valence-corrected chi connectivity index (χ3v) is 8.31. The maximum atomic E-state index is 12.7. The lowest BCUT2D eigenvalue weighted by molar-refractivity contribution is -0.0212. The summed E-state index contributed by atoms with van der Waals surface area (Å²) >= 11 is 0. The van der Waals surface area contributed by atoms with Crippen LogP contribution in [0.3, 0.4) is 0 Å². The van der Waals surface area contributed by atoms with Gasteiger partial charge in [0.1, 0.15) is 12.6 Å². The van der Waals surface area contributed by atoms with Gasteiger partial charge in [-0.3, -0.25) is 9.36 Å². The predicted molar refractivity (Wildman–Crippen MR) is 147 cm³/mol. The zero-order chi connectivity index (χ0) is 27.9. The van der Waals surface area contributed by atoms with E-state index in [-0.39, 0.29) is 43.2 Å². The van der Waals surface area contributed by atoms with Crippen molar-refractivity contribution in [2.45, 2.75) is 71.0 Å². The van der Waals surface area contributed by atoms with Crippen molar-refractivity contribution >= 4 is 31.4 Å². The first-order chi connectivity index (χ1) is 18.8. The van der Waals surface area contributed by atoms with Crippen LogP contribution in [0.2, 0.25) is 0 Å². The first kappa shape index (κ1) is 29.0. The highest BCUT2D eigenvalue weighted by Gasteiger charge is 2.37. The molecule has 4 rings (SSSR count). The second-order valence-corrected chi connectivity index (χ2v) is 11.2. The van der Waals surface area contributed by atoms with E-state index in [0.717, 1.165) is 0 Å². The van der Waals surface area contributed by atoms with Crippen LogP contribution >= 0.6 is 8.53 Å². The molecular formula is C26H35N8O4P. The highest BCUT2D eigenvalue weighted by molar-refractivity contribution is 7.44. The lowest BCUT2D eigenvalue weighted by Crippen LogP contribution is -2.37. The third kappa shape index (κ3) is 6.94. The van der Waals surface area contributed by atoms with E-state index in [4.69, 9.17) is 24.8 Å². The summed E-state index contributed by atoms with van der Waals surface area (Å²) in [6.45, 7) is 8.88. The zero-order valence-corrected chi connectivity index (χ0v) is 23.5. The Labute approximate surface area is 229 Å². The Morgan fingerprint density at radius 1 is 1.23 bits per heavy atom. The van der Waals surface area contributed by atoms with Gasteiger partial charge in [0.25, 0.3) is 14.4 Å². The number of nitrogens with two attached hydrogens (primary N) is 1. The number of imidazole rings is 1. The smallest absolute Gasteiger partial charge is 0.259 e. The van der Waals surface area contributed by atoms with Crippen LogP contribution in [-0.2, 0) is 13.8 Å². The molecule has 208 valence electrons. The van der Waals surface area contributed by atoms with Gasteiger partial charge in [0.05, 0.1) is 38.1 Å². The van der Waals surface area contributed by atoms with Gasteiger partial charge in [-0.05, 0) is 39.8 Å². The van der Waals surface area contributed by atoms with Gasteiger partial charge in [-0.25, -0.2) is 19.6 Å². The van der Waals surface area contributed by atoms with Gasteiger partial charge in [0.2, 0.25) is 0 Å². The molecule has 0 spiro atoms. The summed E-state index contributed by atoms with van der Waals surface area (Å²) < 4.78 is 22.5. The van der Waals surface area contributed by atoms with Crippen molar-refractivity contribution in [3.8, 4) is 6.07 Å². The molecule has 1 saturated heterocycles. The van der Waals surface area contributed by atoms with Gasteiger partial charge in [-0.2, -0.15) is 5.26 Å². The number of carbonyl (C=O) groups excluding carboxylic acids is 1. The molecule has 1 unspecified atom stereocenters. The summed E-state index contributed by atoms with van der Waals surface area (Å²) in [6.07, 6.45) is 3.03. The van der Waals surface area contributed by atoms with Crippen molar-refractivity contribution in [2.75, 3.05) is 18.5 Å². The van der Waals surface area contributed by atoms with E-state index in [1.807, 2.05) is 6.07 Å². The van der Waals surface area contributed by atoms with Crippen molar-refractivity contribution < 1.29 is 18.6 Å². The standard InChI is InChI=1S/C26H35N8O4P/c1-17(2)34(18(3)4)39(36-12-8-11-27)37-14-21-20(28)13-22(38-21)33-16-31-23-24(29-15-30-25(23)33)32-26(35)19-9-6-5-7-10-19/h5-7,9-10,15-18,20-22H,8,12-14,28H2,1-4H3,(H,29,30,32,35)/t20-,21+,22+,39?/m0/s1. The van der Waals surface area contributed by atoms with E-state index >= 15 is 0 Å². The minimum absolute atomic E-state index is 0.192. The van der Waals surface area contributed by atoms with Crippen molar-refractivity contribution in [1.82, 2.24) is 24.2 Å². The molecule has 1 aliphatic rings. The molecule has 1 fully saturated rings. The van der Waals surface area contributed by atoms with Crippen LogP contribution in [0.15, 0.2) is 43.0 Å². The van der Waals surface area contributed by atoms with Gasteiger partial charge in [0.15, 0.2) is 17.0 Å². The maximum Gasteiger partial charge on any atom is 0.259 e. The number of rotatable bonds is 12. The largest absolute Gasteiger partial charge is 0.351 e. The summed E-state index contributed by atoms with van der Waals surface area (Å²) in [5.41, 5.74) is 7.96. The average Bonchev–Trinajstić information content (AvgIpc) is 3.51. The Bertz CT molecular complexity index is 1270. The van der Waals surface area contributed by atoms with Crippen LogP contribution in [0.25, 0.3) is 11.2 Å². The number of anilines is 1. The van der Waals surface area contributed by atoms with E-state index in [1.54, 1.807) is 35.2 Å². The molecule has 2 aromatic heterocycles. The Morgan fingerprint density at radius 2 is 1.97 bits per heavy atom. The number of benzene rings is 1. The molecule has 1 aromatic carbocycles. The third-order valence-electron chi connectivity index (χ3n) is 6.23. The number of nitrogens with zero attached hydrogens (tertiary/aromatic N) is 6. The monoisotopic (exact) mass is 554 g/mol. The number of nitriles is 1. The second kappa shape index (κ2) is 13.3. The summed E-state index contributed by atoms with van der Waals surface area (Å²) in [7, 11) is -1.40. The molecule has 4 atom stereocenters. The van der Waals surface area contributed by atoms with Gasteiger partial charge < -0.3 is 24.8 Å². The number of aromatic nitrogens is 4. The van der Waals surface area contributed by atoms with E-state index in [9.17, 15) is 4.79 Å². The second-order valence-electron chi connectivity index (χ2n) is 9.74. The average molecular weight is 555 g/mol. The molecule has 12 nitrogen and oxygen atoms in total. The molecule has 0 bridgehead atoms. The van der Waals surface area contributed by atoms with Crippen LogP contribution in [0.5, 0.6) is 0 Å². The normalized spacial score (nSPS) is 20.1. The highest BCUT2D eigenvalue weighted by Crippen LogP contribution is 2.46. The van der Waals surface area contributed by atoms with Crippen LogP contribution in [0, 0.1) is 11.3 Å².